The van der Waals surface area contributed by atoms with Gasteiger partial charge in [0.1, 0.15) is 5.69 Å². The molecule has 2 N–H and O–H groups in total. The number of aryl methyl sites for hydroxylation is 1. The normalized spacial score (nSPS) is 10.2. The van der Waals surface area contributed by atoms with E-state index in [1.165, 1.54) is 0 Å². The van der Waals surface area contributed by atoms with E-state index >= 15 is 0 Å². The number of aromatic nitrogens is 1. The lowest BCUT2D eigenvalue weighted by molar-refractivity contribution is 0.102. The van der Waals surface area contributed by atoms with Gasteiger partial charge in [0, 0.05) is 24.1 Å². The van der Waals surface area contributed by atoms with Crippen molar-refractivity contribution in [1.82, 2.24) is 4.98 Å². The SMILES string of the molecule is CCCNc1ccnc(C(=O)Nc2ccccc2CC)c1. The van der Waals surface area contributed by atoms with Crippen LogP contribution in [0.1, 0.15) is 36.3 Å². The number of pyridine rings is 1. The number of anilines is 2. The molecule has 4 heteroatoms. The topological polar surface area (TPSA) is 54.0 Å². The summed E-state index contributed by atoms with van der Waals surface area (Å²) in [7, 11) is 0. The predicted molar refractivity (Wildman–Crippen MR) is 86.8 cm³/mol. The molecule has 2 rings (SSSR count). The highest BCUT2D eigenvalue weighted by Gasteiger charge is 2.10. The summed E-state index contributed by atoms with van der Waals surface area (Å²) in [4.78, 5) is 16.5. The van der Waals surface area contributed by atoms with E-state index in [-0.39, 0.29) is 5.91 Å². The van der Waals surface area contributed by atoms with Crippen molar-refractivity contribution >= 4 is 17.3 Å². The van der Waals surface area contributed by atoms with Gasteiger partial charge in [0.25, 0.3) is 5.91 Å². The average Bonchev–Trinajstić information content (AvgIpc) is 2.53. The first kappa shape index (κ1) is 15.0. The lowest BCUT2D eigenvalue weighted by Crippen LogP contribution is -2.15. The standard InChI is InChI=1S/C17H21N3O/c1-3-10-18-14-9-11-19-16(12-14)17(21)20-15-8-6-5-7-13(15)4-2/h5-9,11-12H,3-4,10H2,1-2H3,(H,18,19)(H,20,21). The van der Waals surface area contributed by atoms with Gasteiger partial charge in [-0.05, 0) is 36.6 Å². The number of nitrogens with one attached hydrogen (secondary N) is 2. The summed E-state index contributed by atoms with van der Waals surface area (Å²) in [6.07, 6.45) is 3.56. The van der Waals surface area contributed by atoms with Gasteiger partial charge in [-0.1, -0.05) is 32.0 Å². The summed E-state index contributed by atoms with van der Waals surface area (Å²) in [6.45, 7) is 5.05. The molecular weight excluding hydrogens is 262 g/mol. The monoisotopic (exact) mass is 283 g/mol. The largest absolute Gasteiger partial charge is 0.385 e. The molecule has 0 bridgehead atoms. The van der Waals surface area contributed by atoms with Gasteiger partial charge in [-0.25, -0.2) is 0 Å². The first-order valence-electron chi connectivity index (χ1n) is 7.33. The van der Waals surface area contributed by atoms with Crippen LogP contribution in [0.3, 0.4) is 0 Å². The van der Waals surface area contributed by atoms with Gasteiger partial charge < -0.3 is 10.6 Å². The van der Waals surface area contributed by atoms with Crippen LogP contribution < -0.4 is 10.6 Å². The van der Waals surface area contributed by atoms with Gasteiger partial charge in [-0.2, -0.15) is 0 Å². The molecule has 1 aromatic heterocycles. The van der Waals surface area contributed by atoms with Crippen molar-refractivity contribution in [2.75, 3.05) is 17.2 Å². The van der Waals surface area contributed by atoms with E-state index in [1.807, 2.05) is 30.3 Å². The Hall–Kier alpha value is -2.36. The highest BCUT2D eigenvalue weighted by molar-refractivity contribution is 6.03. The molecule has 0 spiro atoms. The van der Waals surface area contributed by atoms with E-state index in [1.54, 1.807) is 12.3 Å². The van der Waals surface area contributed by atoms with Gasteiger partial charge in [-0.15, -0.1) is 0 Å². The number of carbonyl (C=O) groups excluding carboxylic acids is 1. The summed E-state index contributed by atoms with van der Waals surface area (Å²) in [5, 5.41) is 6.19. The van der Waals surface area contributed by atoms with Crippen LogP contribution in [0.25, 0.3) is 0 Å². The highest BCUT2D eigenvalue weighted by Crippen LogP contribution is 2.17. The fourth-order valence-electron chi connectivity index (χ4n) is 2.07. The minimum Gasteiger partial charge on any atom is -0.385 e. The van der Waals surface area contributed by atoms with Crippen molar-refractivity contribution in [1.29, 1.82) is 0 Å². The minimum atomic E-state index is -0.184. The minimum absolute atomic E-state index is 0.184. The van der Waals surface area contributed by atoms with E-state index < -0.39 is 0 Å². The number of hydrogen-bond acceptors (Lipinski definition) is 3. The first-order chi connectivity index (χ1) is 10.2. The van der Waals surface area contributed by atoms with Crippen molar-refractivity contribution < 1.29 is 4.79 Å². The van der Waals surface area contributed by atoms with Gasteiger partial charge in [-0.3, -0.25) is 9.78 Å². The van der Waals surface area contributed by atoms with E-state index in [2.05, 4.69) is 29.5 Å². The Morgan fingerprint density at radius 1 is 1.19 bits per heavy atom. The summed E-state index contributed by atoms with van der Waals surface area (Å²) in [6, 6.07) is 11.5. The highest BCUT2D eigenvalue weighted by atomic mass is 16.1. The van der Waals surface area contributed by atoms with Crippen LogP contribution in [0.2, 0.25) is 0 Å². The molecule has 0 atom stereocenters. The molecule has 0 saturated carbocycles. The lowest BCUT2D eigenvalue weighted by atomic mass is 10.1. The zero-order chi connectivity index (χ0) is 15.1. The third-order valence-electron chi connectivity index (χ3n) is 3.22. The number of rotatable bonds is 6. The molecule has 21 heavy (non-hydrogen) atoms. The molecule has 0 aliphatic heterocycles. The second-order valence-corrected chi connectivity index (χ2v) is 4.82. The molecule has 0 fully saturated rings. The number of nitrogens with zero attached hydrogens (tertiary/aromatic N) is 1. The Morgan fingerprint density at radius 2 is 2.00 bits per heavy atom. The molecule has 1 heterocycles. The Balaban J connectivity index is 2.13. The van der Waals surface area contributed by atoms with Crippen LogP contribution in [-0.2, 0) is 6.42 Å². The smallest absolute Gasteiger partial charge is 0.274 e. The zero-order valence-electron chi connectivity index (χ0n) is 12.5. The molecule has 4 nitrogen and oxygen atoms in total. The quantitative estimate of drug-likeness (QED) is 0.849. The maximum absolute atomic E-state index is 12.3. The number of amides is 1. The van der Waals surface area contributed by atoms with E-state index in [9.17, 15) is 4.79 Å². The molecule has 0 aliphatic carbocycles. The van der Waals surface area contributed by atoms with Crippen LogP contribution in [0.5, 0.6) is 0 Å². The molecule has 1 amide bonds. The first-order valence-corrected chi connectivity index (χ1v) is 7.33. The van der Waals surface area contributed by atoms with Crippen molar-refractivity contribution in [3.05, 3.63) is 53.9 Å². The van der Waals surface area contributed by atoms with E-state index in [0.29, 0.717) is 5.69 Å². The fraction of sp³-hybridized carbons (Fsp3) is 0.294. The summed E-state index contributed by atoms with van der Waals surface area (Å²) in [5.74, 6) is -0.184. The van der Waals surface area contributed by atoms with E-state index in [0.717, 1.165) is 36.3 Å². The number of para-hydroxylation sites is 1. The summed E-state index contributed by atoms with van der Waals surface area (Å²) >= 11 is 0. The van der Waals surface area contributed by atoms with Crippen LogP contribution in [0.15, 0.2) is 42.6 Å². The second-order valence-electron chi connectivity index (χ2n) is 4.82. The maximum atomic E-state index is 12.3. The molecule has 110 valence electrons. The van der Waals surface area contributed by atoms with Crippen LogP contribution in [0.4, 0.5) is 11.4 Å². The molecule has 0 saturated heterocycles. The zero-order valence-corrected chi connectivity index (χ0v) is 12.5. The Labute approximate surface area is 125 Å². The van der Waals surface area contributed by atoms with Crippen molar-refractivity contribution in [3.63, 3.8) is 0 Å². The predicted octanol–water partition coefficient (Wildman–Crippen LogP) is 3.72. The summed E-state index contributed by atoms with van der Waals surface area (Å²) in [5.41, 5.74) is 3.30. The molecule has 1 aromatic carbocycles. The van der Waals surface area contributed by atoms with Crippen LogP contribution in [-0.4, -0.2) is 17.4 Å². The van der Waals surface area contributed by atoms with Crippen molar-refractivity contribution in [3.8, 4) is 0 Å². The van der Waals surface area contributed by atoms with Crippen molar-refractivity contribution in [2.45, 2.75) is 26.7 Å². The molecule has 2 aromatic rings. The molecule has 0 aliphatic rings. The Bertz CT molecular complexity index is 610. The van der Waals surface area contributed by atoms with Gasteiger partial charge in [0.05, 0.1) is 0 Å². The molecular formula is C17H21N3O. The Morgan fingerprint density at radius 3 is 2.76 bits per heavy atom. The van der Waals surface area contributed by atoms with Crippen molar-refractivity contribution in [2.24, 2.45) is 0 Å². The Kier molecular flexibility index (Phi) is 5.32. The lowest BCUT2D eigenvalue weighted by Gasteiger charge is -2.10. The number of carbonyl (C=O) groups is 1. The van der Waals surface area contributed by atoms with Crippen LogP contribution in [0, 0.1) is 0 Å². The van der Waals surface area contributed by atoms with Gasteiger partial charge >= 0.3 is 0 Å². The third-order valence-corrected chi connectivity index (χ3v) is 3.22. The number of benzene rings is 1. The number of hydrogen-bond donors (Lipinski definition) is 2. The van der Waals surface area contributed by atoms with E-state index in [4.69, 9.17) is 0 Å². The van der Waals surface area contributed by atoms with Gasteiger partial charge in [0.2, 0.25) is 0 Å². The summed E-state index contributed by atoms with van der Waals surface area (Å²) < 4.78 is 0. The van der Waals surface area contributed by atoms with Crippen LogP contribution >= 0.6 is 0 Å². The third kappa shape index (κ3) is 4.05. The molecule has 0 radical (unpaired) electrons. The van der Waals surface area contributed by atoms with Gasteiger partial charge in [0.15, 0.2) is 0 Å². The maximum Gasteiger partial charge on any atom is 0.274 e. The fourth-order valence-corrected chi connectivity index (χ4v) is 2.07. The molecule has 0 unspecified atom stereocenters. The average molecular weight is 283 g/mol. The second kappa shape index (κ2) is 7.43.